The van der Waals surface area contributed by atoms with Gasteiger partial charge >= 0.3 is 5.97 Å². The van der Waals surface area contributed by atoms with E-state index in [9.17, 15) is 14.7 Å². The molecule has 0 spiro atoms. The van der Waals surface area contributed by atoms with Gasteiger partial charge in [-0.25, -0.2) is 4.79 Å². The number of hydrogen-bond acceptors (Lipinski definition) is 4. The highest BCUT2D eigenvalue weighted by Gasteiger charge is 2.14. The Hall–Kier alpha value is -3.33. The predicted octanol–water partition coefficient (Wildman–Crippen LogP) is 4.73. The van der Waals surface area contributed by atoms with E-state index in [1.54, 1.807) is 48.5 Å². The largest absolute Gasteiger partial charge is 0.493 e. The maximum absolute atomic E-state index is 12.3. The van der Waals surface area contributed by atoms with Crippen LogP contribution in [-0.4, -0.2) is 24.1 Å². The summed E-state index contributed by atoms with van der Waals surface area (Å²) in [6.45, 7) is 0.371. The molecule has 0 aliphatic heterocycles. The minimum Gasteiger partial charge on any atom is -0.493 e. The Morgan fingerprint density at radius 3 is 2.45 bits per heavy atom. The summed E-state index contributed by atoms with van der Waals surface area (Å²) in [6, 6.07) is 21.4. The first kappa shape index (κ1) is 22.4. The minimum atomic E-state index is -1.25. The van der Waals surface area contributed by atoms with E-state index in [0.29, 0.717) is 29.2 Å². The molecule has 0 radical (unpaired) electrons. The van der Waals surface area contributed by atoms with Crippen molar-refractivity contribution in [2.45, 2.75) is 6.61 Å². The molecule has 0 aliphatic carbocycles. The molecule has 3 aromatic rings. The van der Waals surface area contributed by atoms with Gasteiger partial charge in [0.1, 0.15) is 12.3 Å². The lowest BCUT2D eigenvalue weighted by atomic mass is 10.1. The molecular formula is C24H20INO5. The van der Waals surface area contributed by atoms with Gasteiger partial charge in [-0.3, -0.25) is 4.79 Å². The number of ether oxygens (including phenoxy) is 2. The number of nitrogens with one attached hydrogen (secondary N) is 1. The second-order valence-corrected chi connectivity index (χ2v) is 7.76. The number of halogens is 1. The number of carboxylic acids is 1. The number of rotatable bonds is 8. The zero-order valence-electron chi connectivity index (χ0n) is 16.7. The topological polar surface area (TPSA) is 84.9 Å². The number of benzene rings is 3. The van der Waals surface area contributed by atoms with Crippen LogP contribution in [0.3, 0.4) is 0 Å². The highest BCUT2D eigenvalue weighted by atomic mass is 127. The maximum Gasteiger partial charge on any atom is 0.352 e. The second-order valence-electron chi connectivity index (χ2n) is 6.51. The van der Waals surface area contributed by atoms with Gasteiger partial charge in [0.2, 0.25) is 0 Å². The van der Waals surface area contributed by atoms with E-state index in [1.165, 1.54) is 13.2 Å². The Morgan fingerprint density at radius 1 is 1.00 bits per heavy atom. The molecule has 0 unspecified atom stereocenters. The molecule has 1 amide bonds. The van der Waals surface area contributed by atoms with E-state index in [2.05, 4.69) is 27.9 Å². The molecule has 0 fully saturated rings. The van der Waals surface area contributed by atoms with Crippen molar-refractivity contribution in [2.75, 3.05) is 7.11 Å². The van der Waals surface area contributed by atoms with Gasteiger partial charge in [0.05, 0.1) is 7.11 Å². The summed E-state index contributed by atoms with van der Waals surface area (Å²) in [7, 11) is 1.51. The maximum atomic E-state index is 12.3. The predicted molar refractivity (Wildman–Crippen MR) is 126 cm³/mol. The Morgan fingerprint density at radius 2 is 1.77 bits per heavy atom. The van der Waals surface area contributed by atoms with Crippen LogP contribution in [0.5, 0.6) is 11.5 Å². The van der Waals surface area contributed by atoms with Crippen molar-refractivity contribution in [3.63, 3.8) is 0 Å². The number of methoxy groups -OCH3 is 1. The summed E-state index contributed by atoms with van der Waals surface area (Å²) < 4.78 is 12.4. The molecule has 158 valence electrons. The quantitative estimate of drug-likeness (QED) is 0.326. The van der Waals surface area contributed by atoms with E-state index in [4.69, 9.17) is 9.47 Å². The first-order valence-electron chi connectivity index (χ1n) is 9.33. The van der Waals surface area contributed by atoms with Crippen LogP contribution in [0.4, 0.5) is 0 Å². The van der Waals surface area contributed by atoms with Crippen molar-refractivity contribution in [2.24, 2.45) is 0 Å². The van der Waals surface area contributed by atoms with Gasteiger partial charge in [-0.2, -0.15) is 0 Å². The van der Waals surface area contributed by atoms with E-state index in [1.807, 2.05) is 24.3 Å². The van der Waals surface area contributed by atoms with E-state index < -0.39 is 11.9 Å². The van der Waals surface area contributed by atoms with Crippen molar-refractivity contribution in [3.05, 3.63) is 98.8 Å². The highest BCUT2D eigenvalue weighted by molar-refractivity contribution is 14.1. The molecule has 0 heterocycles. The first-order chi connectivity index (χ1) is 15.0. The Kier molecular flexibility index (Phi) is 7.66. The van der Waals surface area contributed by atoms with Crippen LogP contribution in [0.2, 0.25) is 0 Å². The van der Waals surface area contributed by atoms with Crippen LogP contribution < -0.4 is 14.8 Å². The van der Waals surface area contributed by atoms with Gasteiger partial charge in [0, 0.05) is 9.13 Å². The summed E-state index contributed by atoms with van der Waals surface area (Å²) in [5, 5.41) is 11.9. The molecule has 0 atom stereocenters. The summed E-state index contributed by atoms with van der Waals surface area (Å²) >= 11 is 2.24. The molecule has 0 bridgehead atoms. The SMILES string of the molecule is COc1cc(/C=C(/NC(=O)c2ccccc2)C(=O)O)ccc1OCc1cccc(I)c1. The van der Waals surface area contributed by atoms with Gasteiger partial charge in [-0.15, -0.1) is 0 Å². The van der Waals surface area contributed by atoms with Crippen molar-refractivity contribution < 1.29 is 24.2 Å². The fourth-order valence-corrected chi connectivity index (χ4v) is 3.39. The smallest absolute Gasteiger partial charge is 0.352 e. The lowest BCUT2D eigenvalue weighted by Crippen LogP contribution is -2.27. The van der Waals surface area contributed by atoms with E-state index in [-0.39, 0.29) is 5.70 Å². The lowest BCUT2D eigenvalue weighted by molar-refractivity contribution is -0.132. The monoisotopic (exact) mass is 529 g/mol. The third kappa shape index (κ3) is 6.32. The van der Waals surface area contributed by atoms with Crippen LogP contribution in [0.25, 0.3) is 6.08 Å². The van der Waals surface area contributed by atoms with Crippen LogP contribution in [0.1, 0.15) is 21.5 Å². The average molecular weight is 529 g/mol. The normalized spacial score (nSPS) is 11.0. The Bertz CT molecular complexity index is 1110. The fraction of sp³-hybridized carbons (Fsp3) is 0.0833. The number of carbonyl (C=O) groups is 2. The fourth-order valence-electron chi connectivity index (χ4n) is 2.78. The molecule has 0 aliphatic rings. The van der Waals surface area contributed by atoms with Gasteiger partial charge in [-0.1, -0.05) is 36.4 Å². The lowest BCUT2D eigenvalue weighted by Gasteiger charge is -2.12. The molecule has 0 saturated carbocycles. The third-order valence-corrected chi connectivity index (χ3v) is 4.97. The molecule has 0 saturated heterocycles. The molecule has 6 nitrogen and oxygen atoms in total. The van der Waals surface area contributed by atoms with Gasteiger partial charge in [0.15, 0.2) is 11.5 Å². The number of hydrogen-bond donors (Lipinski definition) is 2. The zero-order chi connectivity index (χ0) is 22.2. The number of aliphatic carboxylic acids is 1. The molecular weight excluding hydrogens is 509 g/mol. The summed E-state index contributed by atoms with van der Waals surface area (Å²) in [6.07, 6.45) is 1.37. The van der Waals surface area contributed by atoms with Crippen molar-refractivity contribution in [1.29, 1.82) is 0 Å². The molecule has 7 heteroatoms. The first-order valence-corrected chi connectivity index (χ1v) is 10.4. The van der Waals surface area contributed by atoms with E-state index in [0.717, 1.165) is 9.13 Å². The Balaban J connectivity index is 1.78. The van der Waals surface area contributed by atoms with Gasteiger partial charge in [0.25, 0.3) is 5.91 Å². The third-order valence-electron chi connectivity index (χ3n) is 4.30. The summed E-state index contributed by atoms with van der Waals surface area (Å²) in [4.78, 5) is 23.9. The second kappa shape index (κ2) is 10.6. The molecule has 31 heavy (non-hydrogen) atoms. The van der Waals surface area contributed by atoms with Crippen LogP contribution in [-0.2, 0) is 11.4 Å². The van der Waals surface area contributed by atoms with Crippen molar-refractivity contribution in [1.82, 2.24) is 5.32 Å². The van der Waals surface area contributed by atoms with Crippen LogP contribution in [0, 0.1) is 3.57 Å². The van der Waals surface area contributed by atoms with Crippen molar-refractivity contribution >= 4 is 40.5 Å². The highest BCUT2D eigenvalue weighted by Crippen LogP contribution is 2.29. The van der Waals surface area contributed by atoms with E-state index >= 15 is 0 Å². The minimum absolute atomic E-state index is 0.247. The molecule has 2 N–H and O–H groups in total. The average Bonchev–Trinajstić information content (AvgIpc) is 2.78. The summed E-state index contributed by atoms with van der Waals surface area (Å²) in [5.41, 5.74) is 1.69. The summed E-state index contributed by atoms with van der Waals surface area (Å²) in [5.74, 6) is -0.761. The van der Waals surface area contributed by atoms with Crippen molar-refractivity contribution in [3.8, 4) is 11.5 Å². The van der Waals surface area contributed by atoms with Crippen LogP contribution >= 0.6 is 22.6 Å². The zero-order valence-corrected chi connectivity index (χ0v) is 18.8. The number of carboxylic acid groups (broad SMARTS) is 1. The van der Waals surface area contributed by atoms with Gasteiger partial charge in [-0.05, 0) is 76.2 Å². The molecule has 3 aromatic carbocycles. The molecule has 0 aromatic heterocycles. The standard InChI is InChI=1S/C24H20INO5/c1-30-22-14-16(10-11-21(22)31-15-17-6-5-9-19(25)12-17)13-20(24(28)29)26-23(27)18-7-3-2-4-8-18/h2-14H,15H2,1H3,(H,26,27)(H,28,29)/b20-13+. The Labute approximate surface area is 193 Å². The van der Waals surface area contributed by atoms with Crippen LogP contribution in [0.15, 0.2) is 78.5 Å². The van der Waals surface area contributed by atoms with Gasteiger partial charge < -0.3 is 19.9 Å². The number of carbonyl (C=O) groups excluding carboxylic acids is 1. The number of amides is 1. The molecule has 3 rings (SSSR count).